The van der Waals surface area contributed by atoms with Crippen molar-refractivity contribution in [3.63, 3.8) is 0 Å². The number of nitrogens with zero attached hydrogens (tertiary/aromatic N) is 1. The number of rotatable bonds is 6. The second kappa shape index (κ2) is 9.09. The van der Waals surface area contributed by atoms with Crippen molar-refractivity contribution in [2.24, 2.45) is 0 Å². The minimum atomic E-state index is -0.213. The largest absolute Gasteiger partial charge is 0.352 e. The monoisotopic (exact) mass is 398 g/mol. The van der Waals surface area contributed by atoms with Crippen molar-refractivity contribution in [3.8, 4) is 0 Å². The highest BCUT2D eigenvalue weighted by molar-refractivity contribution is 6.35. The maximum Gasteiger partial charge on any atom is 0.223 e. The molecule has 0 saturated carbocycles. The Labute approximate surface area is 161 Å². The third-order valence-electron chi connectivity index (χ3n) is 3.54. The zero-order chi connectivity index (χ0) is 18.4. The average molecular weight is 400 g/mol. The van der Waals surface area contributed by atoms with Gasteiger partial charge in [-0.3, -0.25) is 9.59 Å². The molecule has 0 unspecified atom stereocenters. The Morgan fingerprint density at radius 1 is 1.00 bits per heavy atom. The fourth-order valence-corrected chi connectivity index (χ4v) is 2.76. The van der Waals surface area contributed by atoms with Crippen LogP contribution in [0, 0.1) is 0 Å². The lowest BCUT2D eigenvalue weighted by Crippen LogP contribution is -2.34. The van der Waals surface area contributed by atoms with E-state index in [0.717, 1.165) is 5.56 Å². The Kier molecular flexibility index (Phi) is 7.12. The van der Waals surface area contributed by atoms with Gasteiger partial charge < -0.3 is 10.2 Å². The zero-order valence-electron chi connectivity index (χ0n) is 13.6. The van der Waals surface area contributed by atoms with E-state index in [1.165, 1.54) is 11.8 Å². The van der Waals surface area contributed by atoms with Crippen LogP contribution in [0.25, 0.3) is 0 Å². The predicted octanol–water partition coefficient (Wildman–Crippen LogP) is 4.71. The molecule has 25 heavy (non-hydrogen) atoms. The molecule has 2 aromatic rings. The Balaban J connectivity index is 1.94. The van der Waals surface area contributed by atoms with Crippen LogP contribution in [0.1, 0.15) is 18.9 Å². The van der Waals surface area contributed by atoms with E-state index in [1.54, 1.807) is 30.3 Å². The highest BCUT2D eigenvalue weighted by Gasteiger charge is 2.16. The molecule has 0 aromatic heterocycles. The smallest absolute Gasteiger partial charge is 0.223 e. The quantitative estimate of drug-likeness (QED) is 0.765. The molecule has 2 rings (SSSR count). The van der Waals surface area contributed by atoms with Crippen LogP contribution in [0.2, 0.25) is 15.1 Å². The summed E-state index contributed by atoms with van der Waals surface area (Å²) in [5.74, 6) is -0.381. The molecule has 132 valence electrons. The van der Waals surface area contributed by atoms with Crippen LogP contribution in [-0.2, 0) is 16.1 Å². The molecule has 0 bridgehead atoms. The topological polar surface area (TPSA) is 49.4 Å². The minimum absolute atomic E-state index is 0.149. The van der Waals surface area contributed by atoms with E-state index in [2.05, 4.69) is 5.32 Å². The number of halogens is 3. The predicted molar refractivity (Wildman–Crippen MR) is 102 cm³/mol. The van der Waals surface area contributed by atoms with Crippen molar-refractivity contribution in [1.29, 1.82) is 0 Å². The van der Waals surface area contributed by atoms with Crippen LogP contribution >= 0.6 is 34.8 Å². The summed E-state index contributed by atoms with van der Waals surface area (Å²) in [5.41, 5.74) is 1.44. The normalized spacial score (nSPS) is 10.4. The molecule has 4 nitrogen and oxygen atoms in total. The lowest BCUT2D eigenvalue weighted by atomic mass is 10.2. The molecule has 0 radical (unpaired) electrons. The van der Waals surface area contributed by atoms with E-state index in [0.29, 0.717) is 27.3 Å². The number of benzene rings is 2. The number of carbonyl (C=O) groups excluding carboxylic acids is 2. The lowest BCUT2D eigenvalue weighted by molar-refractivity contribution is -0.121. The zero-order valence-corrected chi connectivity index (χ0v) is 15.8. The van der Waals surface area contributed by atoms with E-state index < -0.39 is 0 Å². The van der Waals surface area contributed by atoms with Gasteiger partial charge in [0, 0.05) is 36.5 Å². The summed E-state index contributed by atoms with van der Waals surface area (Å²) in [4.78, 5) is 25.4. The van der Waals surface area contributed by atoms with Gasteiger partial charge in [0.2, 0.25) is 11.8 Å². The molecule has 0 saturated heterocycles. The molecule has 2 aromatic carbocycles. The lowest BCUT2D eigenvalue weighted by Gasteiger charge is -2.22. The molecular formula is C18H17Cl3N2O2. The van der Waals surface area contributed by atoms with Crippen molar-refractivity contribution < 1.29 is 9.59 Å². The number of amides is 2. The van der Waals surface area contributed by atoms with Gasteiger partial charge in [0.1, 0.15) is 0 Å². The molecule has 0 fully saturated rings. The second-order valence-corrected chi connectivity index (χ2v) is 6.70. The number of hydrogen-bond acceptors (Lipinski definition) is 2. The van der Waals surface area contributed by atoms with E-state index in [1.807, 2.05) is 12.1 Å². The summed E-state index contributed by atoms with van der Waals surface area (Å²) < 4.78 is 0. The van der Waals surface area contributed by atoms with Gasteiger partial charge in [0.25, 0.3) is 0 Å². The number of nitrogens with one attached hydrogen (secondary N) is 1. The molecule has 0 aliphatic carbocycles. The molecule has 2 amide bonds. The van der Waals surface area contributed by atoms with Crippen LogP contribution in [0.4, 0.5) is 5.69 Å². The van der Waals surface area contributed by atoms with Crippen molar-refractivity contribution in [2.75, 3.05) is 11.4 Å². The molecular weight excluding hydrogens is 383 g/mol. The third-order valence-corrected chi connectivity index (χ3v) is 4.35. The van der Waals surface area contributed by atoms with Crippen LogP contribution in [-0.4, -0.2) is 18.4 Å². The number of carbonyl (C=O) groups is 2. The Hall–Kier alpha value is -1.75. The van der Waals surface area contributed by atoms with Crippen molar-refractivity contribution in [3.05, 3.63) is 63.1 Å². The summed E-state index contributed by atoms with van der Waals surface area (Å²) in [6.45, 7) is 2.03. The summed E-state index contributed by atoms with van der Waals surface area (Å²) >= 11 is 17.9. The SMILES string of the molecule is CC(=O)N(CCC(=O)NCc1ccc(Cl)cc1)c1cc(Cl)ccc1Cl. The van der Waals surface area contributed by atoms with E-state index in [4.69, 9.17) is 34.8 Å². The van der Waals surface area contributed by atoms with Crippen molar-refractivity contribution in [1.82, 2.24) is 5.32 Å². The van der Waals surface area contributed by atoms with Crippen LogP contribution in [0.3, 0.4) is 0 Å². The van der Waals surface area contributed by atoms with Gasteiger partial charge in [0.15, 0.2) is 0 Å². The molecule has 0 aliphatic rings. The Morgan fingerprint density at radius 2 is 1.64 bits per heavy atom. The minimum Gasteiger partial charge on any atom is -0.352 e. The fourth-order valence-electron chi connectivity index (χ4n) is 2.24. The first-order valence-corrected chi connectivity index (χ1v) is 8.74. The summed E-state index contributed by atoms with van der Waals surface area (Å²) in [5, 5.41) is 4.33. The molecule has 0 atom stereocenters. The first kappa shape index (κ1) is 19.6. The maximum atomic E-state index is 12.1. The molecule has 0 heterocycles. The average Bonchev–Trinajstić information content (AvgIpc) is 2.57. The third kappa shape index (κ3) is 5.92. The highest BCUT2D eigenvalue weighted by Crippen LogP contribution is 2.29. The van der Waals surface area contributed by atoms with Crippen molar-refractivity contribution in [2.45, 2.75) is 19.9 Å². The number of anilines is 1. The van der Waals surface area contributed by atoms with Crippen LogP contribution in [0.5, 0.6) is 0 Å². The summed E-state index contributed by atoms with van der Waals surface area (Å²) in [6.07, 6.45) is 0.149. The Morgan fingerprint density at radius 3 is 2.28 bits per heavy atom. The van der Waals surface area contributed by atoms with Gasteiger partial charge in [-0.2, -0.15) is 0 Å². The summed E-state index contributed by atoms with van der Waals surface area (Å²) in [6, 6.07) is 12.1. The van der Waals surface area contributed by atoms with E-state index >= 15 is 0 Å². The molecule has 1 N–H and O–H groups in total. The Bertz CT molecular complexity index is 763. The molecule has 7 heteroatoms. The maximum absolute atomic E-state index is 12.1. The van der Waals surface area contributed by atoms with Gasteiger partial charge in [-0.1, -0.05) is 46.9 Å². The van der Waals surface area contributed by atoms with Gasteiger partial charge in [0.05, 0.1) is 10.7 Å². The second-order valence-electron chi connectivity index (χ2n) is 5.42. The fraction of sp³-hybridized carbons (Fsp3) is 0.222. The van der Waals surface area contributed by atoms with Gasteiger partial charge in [-0.25, -0.2) is 0 Å². The van der Waals surface area contributed by atoms with E-state index in [-0.39, 0.29) is 24.8 Å². The standard InChI is InChI=1S/C18H17Cl3N2O2/c1-12(24)23(17-10-15(20)6-7-16(17)21)9-8-18(25)22-11-13-2-4-14(19)5-3-13/h2-7,10H,8-9,11H2,1H3,(H,22,25). The van der Waals surface area contributed by atoms with E-state index in [9.17, 15) is 9.59 Å². The first-order valence-electron chi connectivity index (χ1n) is 7.61. The van der Waals surface area contributed by atoms with Crippen molar-refractivity contribution >= 4 is 52.3 Å². The van der Waals surface area contributed by atoms with Gasteiger partial charge >= 0.3 is 0 Å². The first-order chi connectivity index (χ1) is 11.9. The van der Waals surface area contributed by atoms with Gasteiger partial charge in [-0.15, -0.1) is 0 Å². The summed E-state index contributed by atoms with van der Waals surface area (Å²) in [7, 11) is 0. The molecule has 0 spiro atoms. The van der Waals surface area contributed by atoms with Gasteiger partial charge in [-0.05, 0) is 35.9 Å². The molecule has 0 aliphatic heterocycles. The highest BCUT2D eigenvalue weighted by atomic mass is 35.5. The number of hydrogen-bond donors (Lipinski definition) is 1. The van der Waals surface area contributed by atoms with Crippen LogP contribution < -0.4 is 10.2 Å². The van der Waals surface area contributed by atoms with Crippen LogP contribution in [0.15, 0.2) is 42.5 Å².